The summed E-state index contributed by atoms with van der Waals surface area (Å²) >= 11 is 0. The molecule has 13 heteroatoms. The molecule has 1 saturated heterocycles. The first-order valence-electron chi connectivity index (χ1n) is 16.4. The second-order valence-electron chi connectivity index (χ2n) is 14.3. The van der Waals surface area contributed by atoms with E-state index in [1.165, 1.54) is 18.9 Å². The van der Waals surface area contributed by atoms with Crippen LogP contribution in [0.4, 0.5) is 13.6 Å². The Balaban J connectivity index is 1.62. The van der Waals surface area contributed by atoms with Crippen molar-refractivity contribution >= 4 is 28.8 Å². The van der Waals surface area contributed by atoms with E-state index in [0.717, 1.165) is 6.42 Å². The number of benzene rings is 1. The first-order chi connectivity index (χ1) is 22.1. The molecule has 2 fully saturated rings. The summed E-state index contributed by atoms with van der Waals surface area (Å²) in [5.74, 6) is -4.96. The summed E-state index contributed by atoms with van der Waals surface area (Å²) < 4.78 is 55.5. The van der Waals surface area contributed by atoms with Crippen molar-refractivity contribution in [2.24, 2.45) is 17.3 Å². The van der Waals surface area contributed by atoms with Gasteiger partial charge >= 0.3 is 6.09 Å². The Kier molecular flexibility index (Phi) is 9.69. The SMILES string of the molecule is CC[C@@H]1[C@@H]2CN(C(=O)[C@H](C(C)(C)C)NC(=O)O[C@]3(C)CCC[C@H]3COCCC(F)(F)c3nc4ccc(OC)cc4nc3O2)[C@@H]1C(C)=O. The molecule has 1 aromatic carbocycles. The van der Waals surface area contributed by atoms with Crippen LogP contribution in [0.1, 0.15) is 79.3 Å². The lowest BCUT2D eigenvalue weighted by Gasteiger charge is -2.37. The Morgan fingerprint density at radius 3 is 2.57 bits per heavy atom. The molecule has 2 aromatic rings. The standard InChI is InChI=1S/C34H46F2N4O7/c1-8-22-25-17-40(26(22)19(2)41)30(42)28(32(3,4)5)39-31(43)47-33(6)13-9-10-20(33)18-45-15-14-34(35,36)27-29(46-25)38-24-16-21(44-7)11-12-23(24)37-27/h11-12,16,20,22,25-26,28H,8-10,13-15,17-18H2,1-7H3,(H,39,43)/t20-,22+,25-,26+,28+,33+/m0/s1. The minimum Gasteiger partial charge on any atom is -0.497 e. The highest BCUT2D eigenvalue weighted by molar-refractivity contribution is 5.92. The molecule has 5 rings (SSSR count). The van der Waals surface area contributed by atoms with Gasteiger partial charge in [-0.15, -0.1) is 0 Å². The highest BCUT2D eigenvalue weighted by Crippen LogP contribution is 2.42. The zero-order valence-corrected chi connectivity index (χ0v) is 28.2. The van der Waals surface area contributed by atoms with Crippen LogP contribution in [0, 0.1) is 17.3 Å². The van der Waals surface area contributed by atoms with Gasteiger partial charge < -0.3 is 29.2 Å². The van der Waals surface area contributed by atoms with Gasteiger partial charge in [0, 0.05) is 24.3 Å². The van der Waals surface area contributed by atoms with Gasteiger partial charge in [0.1, 0.15) is 23.5 Å². The monoisotopic (exact) mass is 660 g/mol. The minimum atomic E-state index is -3.50. The third-order valence-electron chi connectivity index (χ3n) is 9.89. The summed E-state index contributed by atoms with van der Waals surface area (Å²) in [6, 6.07) is 2.78. The van der Waals surface area contributed by atoms with Crippen molar-refractivity contribution in [3.63, 3.8) is 0 Å². The van der Waals surface area contributed by atoms with Crippen LogP contribution in [0.2, 0.25) is 0 Å². The maximum atomic E-state index is 16.1. The summed E-state index contributed by atoms with van der Waals surface area (Å²) in [6.45, 7) is 10.2. The maximum absolute atomic E-state index is 16.1. The van der Waals surface area contributed by atoms with Crippen molar-refractivity contribution in [2.45, 2.75) is 103 Å². The number of aromatic nitrogens is 2. The number of nitrogens with zero attached hydrogens (tertiary/aromatic N) is 3. The lowest BCUT2D eigenvalue weighted by molar-refractivity contribution is -0.141. The molecule has 47 heavy (non-hydrogen) atoms. The van der Waals surface area contributed by atoms with Crippen molar-refractivity contribution < 1.29 is 42.1 Å². The molecule has 1 N–H and O–H groups in total. The number of hydrogen-bond donors (Lipinski definition) is 1. The van der Waals surface area contributed by atoms with E-state index >= 15 is 8.78 Å². The number of halogens is 2. The predicted octanol–water partition coefficient (Wildman–Crippen LogP) is 5.42. The van der Waals surface area contributed by atoms with Crippen molar-refractivity contribution in [3.8, 4) is 11.6 Å². The Labute approximate surface area is 274 Å². The molecule has 1 aliphatic carbocycles. The number of alkyl carbamates (subject to hydrolysis) is 1. The Bertz CT molecular complexity index is 1520. The molecule has 6 atom stereocenters. The second-order valence-corrected chi connectivity index (χ2v) is 14.3. The highest BCUT2D eigenvalue weighted by Gasteiger charge is 2.51. The van der Waals surface area contributed by atoms with Crippen LogP contribution in [0.5, 0.6) is 11.6 Å². The van der Waals surface area contributed by atoms with Gasteiger partial charge in [-0.1, -0.05) is 27.7 Å². The Morgan fingerprint density at radius 2 is 1.91 bits per heavy atom. The average Bonchev–Trinajstić information content (AvgIpc) is 3.55. The molecule has 0 spiro atoms. The first kappa shape index (κ1) is 34.7. The Hall–Kier alpha value is -3.61. The first-order valence-corrected chi connectivity index (χ1v) is 16.4. The van der Waals surface area contributed by atoms with Crippen molar-refractivity contribution in [2.75, 3.05) is 26.9 Å². The van der Waals surface area contributed by atoms with E-state index in [2.05, 4.69) is 15.3 Å². The molecule has 11 nitrogen and oxygen atoms in total. The van der Waals surface area contributed by atoms with Crippen molar-refractivity contribution in [3.05, 3.63) is 23.9 Å². The van der Waals surface area contributed by atoms with Crippen LogP contribution in [0.3, 0.4) is 0 Å². The fourth-order valence-electron chi connectivity index (χ4n) is 7.17. The molecular weight excluding hydrogens is 614 g/mol. The molecular formula is C34H46F2N4O7. The molecule has 0 unspecified atom stereocenters. The second kappa shape index (κ2) is 13.1. The van der Waals surface area contributed by atoms with Gasteiger partial charge in [0.05, 0.1) is 43.9 Å². The number of Topliss-reactive ketones (excluding diaryl/α,β-unsaturated/α-hetero) is 1. The van der Waals surface area contributed by atoms with Crippen molar-refractivity contribution in [1.82, 2.24) is 20.2 Å². The molecule has 1 saturated carbocycles. The zero-order valence-electron chi connectivity index (χ0n) is 28.2. The van der Waals surface area contributed by atoms with Gasteiger partial charge in [0.15, 0.2) is 11.5 Å². The third kappa shape index (κ3) is 7.00. The molecule has 3 aliphatic rings. The Morgan fingerprint density at radius 1 is 1.17 bits per heavy atom. The lowest BCUT2D eigenvalue weighted by Crippen LogP contribution is -2.58. The molecule has 258 valence electrons. The lowest BCUT2D eigenvalue weighted by atomic mass is 9.85. The molecule has 2 aliphatic heterocycles. The van der Waals surface area contributed by atoms with E-state index in [0.29, 0.717) is 25.0 Å². The molecule has 3 heterocycles. The number of rotatable bonds is 3. The van der Waals surface area contributed by atoms with E-state index in [1.54, 1.807) is 25.1 Å². The van der Waals surface area contributed by atoms with Crippen LogP contribution in [0.25, 0.3) is 11.0 Å². The van der Waals surface area contributed by atoms with Crippen LogP contribution >= 0.6 is 0 Å². The largest absolute Gasteiger partial charge is 0.497 e. The van der Waals surface area contributed by atoms with Gasteiger partial charge in [-0.25, -0.2) is 14.8 Å². The van der Waals surface area contributed by atoms with E-state index in [4.69, 9.17) is 18.9 Å². The van der Waals surface area contributed by atoms with Crippen LogP contribution < -0.4 is 14.8 Å². The predicted molar refractivity (Wildman–Crippen MR) is 168 cm³/mol. The summed E-state index contributed by atoms with van der Waals surface area (Å²) in [5, 5.41) is 2.80. The smallest absolute Gasteiger partial charge is 0.408 e. The number of fused-ring (bicyclic) bond motifs is 5. The summed E-state index contributed by atoms with van der Waals surface area (Å²) in [4.78, 5) is 51.1. The number of methoxy groups -OCH3 is 1. The summed E-state index contributed by atoms with van der Waals surface area (Å²) in [5.41, 5.74) is -1.81. The van der Waals surface area contributed by atoms with Gasteiger partial charge in [-0.2, -0.15) is 8.78 Å². The number of carbonyl (C=O) groups is 3. The summed E-state index contributed by atoms with van der Waals surface area (Å²) in [6.07, 6.45) is 0.100. The summed E-state index contributed by atoms with van der Waals surface area (Å²) in [7, 11) is 1.49. The fraction of sp³-hybridized carbons (Fsp3) is 0.676. The van der Waals surface area contributed by atoms with Crippen LogP contribution in [-0.2, 0) is 25.0 Å². The average molecular weight is 661 g/mol. The van der Waals surface area contributed by atoms with Gasteiger partial charge in [0.25, 0.3) is 5.92 Å². The number of hydrogen-bond acceptors (Lipinski definition) is 9. The topological polar surface area (TPSA) is 129 Å². The number of ketones is 1. The molecule has 2 amide bonds. The van der Waals surface area contributed by atoms with E-state index in [1.807, 2.05) is 27.7 Å². The van der Waals surface area contributed by atoms with Crippen LogP contribution in [0.15, 0.2) is 18.2 Å². The van der Waals surface area contributed by atoms with E-state index in [-0.39, 0.29) is 48.4 Å². The van der Waals surface area contributed by atoms with Gasteiger partial charge in [-0.05, 0) is 57.1 Å². The van der Waals surface area contributed by atoms with Gasteiger partial charge in [0.2, 0.25) is 11.8 Å². The minimum absolute atomic E-state index is 0.0867. The van der Waals surface area contributed by atoms with Crippen molar-refractivity contribution in [1.29, 1.82) is 0 Å². The fourth-order valence-corrected chi connectivity index (χ4v) is 7.17. The normalized spacial score (nSPS) is 30.3. The van der Waals surface area contributed by atoms with E-state index < -0.39 is 65.2 Å². The van der Waals surface area contributed by atoms with Crippen LogP contribution in [-0.4, -0.2) is 83.3 Å². The number of alkyl halides is 2. The van der Waals surface area contributed by atoms with Gasteiger partial charge in [-0.3, -0.25) is 9.59 Å². The number of carbonyl (C=O) groups excluding carboxylic acids is 3. The van der Waals surface area contributed by atoms with E-state index in [9.17, 15) is 14.4 Å². The number of amides is 2. The highest BCUT2D eigenvalue weighted by atomic mass is 19.3. The zero-order chi connectivity index (χ0) is 34.3. The third-order valence-corrected chi connectivity index (χ3v) is 9.89. The number of ether oxygens (including phenoxy) is 4. The number of nitrogens with one attached hydrogen (secondary N) is 1. The quantitative estimate of drug-likeness (QED) is 0.459. The molecule has 0 radical (unpaired) electrons. The molecule has 1 aromatic heterocycles. The molecule has 2 bridgehead atoms. The maximum Gasteiger partial charge on any atom is 0.408 e.